The molecule has 6 atom stereocenters. The Kier molecular flexibility index (Phi) is 8.76. The number of aliphatic hydroxyl groups is 1. The van der Waals surface area contributed by atoms with Crippen LogP contribution in [0, 0.1) is 17.8 Å². The predicted octanol–water partition coefficient (Wildman–Crippen LogP) is 3.08. The highest BCUT2D eigenvalue weighted by Crippen LogP contribution is 2.64. The van der Waals surface area contributed by atoms with Gasteiger partial charge in [0.05, 0.1) is 36.3 Å². The van der Waals surface area contributed by atoms with Crippen LogP contribution in [-0.4, -0.2) is 90.7 Å². The number of amides is 2. The third-order valence-corrected chi connectivity index (χ3v) is 9.45. The van der Waals surface area contributed by atoms with Gasteiger partial charge in [-0.3, -0.25) is 14.4 Å². The average molecular weight is 594 g/mol. The number of ether oxygens (including phenoxy) is 2. The van der Waals surface area contributed by atoms with Gasteiger partial charge < -0.3 is 24.4 Å². The molecular weight excluding hydrogens is 550 g/mol. The standard InChI is InChI=1S/C32H43N5O6/c1-6-8-9-12-18-42-30(41)26-25-28(39)37(24(19-38)21(3)4)27(32(25)16-15-31(26,5)43-32)29(40)35(17-7-2)20-36-23-14-11-10-13-22(23)33-34-36/h6-7,10-11,13-14,21,24-27,38H,1-2,8-9,12,15-20H2,3-5H3/t24-,25-,26-,27?,31+,32?/m0/s1. The summed E-state index contributed by atoms with van der Waals surface area (Å²) >= 11 is 0. The molecule has 2 unspecified atom stereocenters. The Morgan fingerprint density at radius 3 is 2.70 bits per heavy atom. The first kappa shape index (κ1) is 30.9. The highest BCUT2D eigenvalue weighted by atomic mass is 16.6. The van der Waals surface area contributed by atoms with Crippen LogP contribution in [0.4, 0.5) is 0 Å². The number of benzene rings is 1. The summed E-state index contributed by atoms with van der Waals surface area (Å²) in [5.74, 6) is -3.09. The molecule has 3 fully saturated rings. The fourth-order valence-corrected chi connectivity index (χ4v) is 7.36. The highest BCUT2D eigenvalue weighted by molar-refractivity contribution is 5.98. The molecule has 1 aromatic carbocycles. The number of fused-ring (bicyclic) bond motifs is 2. The molecule has 11 nitrogen and oxygen atoms in total. The molecule has 3 aliphatic heterocycles. The van der Waals surface area contributed by atoms with E-state index in [1.54, 1.807) is 15.7 Å². The van der Waals surface area contributed by atoms with Crippen molar-refractivity contribution in [1.82, 2.24) is 24.8 Å². The van der Waals surface area contributed by atoms with E-state index in [9.17, 15) is 19.5 Å². The molecule has 1 spiro atoms. The number of unbranched alkanes of at least 4 members (excludes halogenated alkanes) is 2. The summed E-state index contributed by atoms with van der Waals surface area (Å²) in [6.07, 6.45) is 6.75. The van der Waals surface area contributed by atoms with Gasteiger partial charge in [-0.05, 0) is 57.1 Å². The molecule has 2 amide bonds. The van der Waals surface area contributed by atoms with Crippen molar-refractivity contribution in [2.24, 2.45) is 17.8 Å². The van der Waals surface area contributed by atoms with Gasteiger partial charge in [0.1, 0.15) is 29.7 Å². The second-order valence-corrected chi connectivity index (χ2v) is 12.5. The first-order chi connectivity index (χ1) is 20.6. The fraction of sp³-hybridized carbons (Fsp3) is 0.594. The number of nitrogens with zero attached hydrogens (tertiary/aromatic N) is 5. The molecule has 0 aliphatic carbocycles. The summed E-state index contributed by atoms with van der Waals surface area (Å²) in [6.45, 7) is 13.4. The molecule has 3 aliphatic rings. The molecule has 232 valence electrons. The molecule has 1 N–H and O–H groups in total. The van der Waals surface area contributed by atoms with E-state index in [-0.39, 0.29) is 44.2 Å². The lowest BCUT2D eigenvalue weighted by atomic mass is 9.66. The molecule has 43 heavy (non-hydrogen) atoms. The van der Waals surface area contributed by atoms with Crippen LogP contribution >= 0.6 is 0 Å². The van der Waals surface area contributed by atoms with Gasteiger partial charge >= 0.3 is 5.97 Å². The van der Waals surface area contributed by atoms with Gasteiger partial charge in [-0.25, -0.2) is 4.68 Å². The maximum absolute atomic E-state index is 14.7. The minimum absolute atomic E-state index is 0.0730. The van der Waals surface area contributed by atoms with Gasteiger partial charge in [0.25, 0.3) is 0 Å². The summed E-state index contributed by atoms with van der Waals surface area (Å²) in [4.78, 5) is 45.8. The van der Waals surface area contributed by atoms with Crippen LogP contribution in [0.25, 0.3) is 11.0 Å². The van der Waals surface area contributed by atoms with Gasteiger partial charge in [0.15, 0.2) is 0 Å². The van der Waals surface area contributed by atoms with Crippen LogP contribution in [0.15, 0.2) is 49.6 Å². The largest absolute Gasteiger partial charge is 0.465 e. The summed E-state index contributed by atoms with van der Waals surface area (Å²) in [5.41, 5.74) is -0.721. The van der Waals surface area contributed by atoms with Crippen LogP contribution in [0.2, 0.25) is 0 Å². The van der Waals surface area contributed by atoms with Gasteiger partial charge in [0.2, 0.25) is 11.8 Å². The van der Waals surface area contributed by atoms with E-state index in [4.69, 9.17) is 9.47 Å². The molecule has 11 heteroatoms. The van der Waals surface area contributed by atoms with Crippen molar-refractivity contribution in [3.63, 3.8) is 0 Å². The van der Waals surface area contributed by atoms with E-state index in [0.29, 0.717) is 24.8 Å². The Morgan fingerprint density at radius 2 is 2.00 bits per heavy atom. The Hall–Kier alpha value is -3.57. The minimum atomic E-state index is -1.23. The number of allylic oxidation sites excluding steroid dienone is 1. The Balaban J connectivity index is 1.51. The second-order valence-electron chi connectivity index (χ2n) is 12.5. The number of hydrogen-bond acceptors (Lipinski definition) is 8. The fourth-order valence-electron chi connectivity index (χ4n) is 7.36. The third kappa shape index (κ3) is 5.16. The van der Waals surface area contributed by atoms with Crippen LogP contribution < -0.4 is 0 Å². The lowest BCUT2D eigenvalue weighted by Crippen LogP contribution is -2.59. The number of para-hydroxylation sites is 1. The molecule has 0 radical (unpaired) electrons. The Morgan fingerprint density at radius 1 is 1.23 bits per heavy atom. The summed E-state index contributed by atoms with van der Waals surface area (Å²) < 4.78 is 14.1. The van der Waals surface area contributed by atoms with E-state index in [2.05, 4.69) is 23.5 Å². The molecular formula is C32H43N5O6. The van der Waals surface area contributed by atoms with E-state index < -0.39 is 41.1 Å². The number of aromatic nitrogens is 3. The van der Waals surface area contributed by atoms with E-state index in [0.717, 1.165) is 18.4 Å². The quantitative estimate of drug-likeness (QED) is 0.201. The van der Waals surface area contributed by atoms with Gasteiger partial charge in [-0.1, -0.05) is 43.3 Å². The van der Waals surface area contributed by atoms with Crippen LogP contribution in [0.1, 0.15) is 52.9 Å². The number of likely N-dealkylation sites (tertiary alicyclic amines) is 1. The maximum Gasteiger partial charge on any atom is 0.312 e. The smallest absolute Gasteiger partial charge is 0.312 e. The van der Waals surface area contributed by atoms with Crippen LogP contribution in [0.5, 0.6) is 0 Å². The molecule has 5 rings (SSSR count). The van der Waals surface area contributed by atoms with E-state index in [1.807, 2.05) is 51.1 Å². The zero-order valence-electron chi connectivity index (χ0n) is 25.4. The van der Waals surface area contributed by atoms with Crippen molar-refractivity contribution in [2.45, 2.75) is 82.8 Å². The monoisotopic (exact) mass is 593 g/mol. The number of rotatable bonds is 14. The Bertz CT molecular complexity index is 1390. The van der Waals surface area contributed by atoms with Gasteiger partial charge in [-0.2, -0.15) is 0 Å². The zero-order valence-corrected chi connectivity index (χ0v) is 25.4. The van der Waals surface area contributed by atoms with Crippen molar-refractivity contribution in [1.29, 1.82) is 0 Å². The van der Waals surface area contributed by atoms with Crippen molar-refractivity contribution in [3.8, 4) is 0 Å². The van der Waals surface area contributed by atoms with Gasteiger partial charge in [0, 0.05) is 6.54 Å². The lowest BCUT2D eigenvalue weighted by molar-refractivity contribution is -0.163. The normalized spacial score (nSPS) is 28.3. The average Bonchev–Trinajstić information content (AvgIpc) is 3.68. The third-order valence-electron chi connectivity index (χ3n) is 9.45. The van der Waals surface area contributed by atoms with Crippen molar-refractivity contribution < 1.29 is 29.0 Å². The first-order valence-corrected chi connectivity index (χ1v) is 15.2. The number of esters is 1. The lowest BCUT2D eigenvalue weighted by Gasteiger charge is -2.40. The summed E-state index contributed by atoms with van der Waals surface area (Å²) in [6, 6.07) is 5.77. The van der Waals surface area contributed by atoms with Crippen molar-refractivity contribution >= 4 is 28.8 Å². The molecule has 3 saturated heterocycles. The Labute approximate surface area is 252 Å². The highest BCUT2D eigenvalue weighted by Gasteiger charge is 2.79. The first-order valence-electron chi connectivity index (χ1n) is 15.2. The van der Waals surface area contributed by atoms with Crippen molar-refractivity contribution in [2.75, 3.05) is 19.8 Å². The van der Waals surface area contributed by atoms with E-state index >= 15 is 0 Å². The predicted molar refractivity (Wildman–Crippen MR) is 159 cm³/mol. The SMILES string of the molecule is C=CCCCCOC(=O)[C@@H]1[C@H]2C(=O)N([C@@H](CO)C(C)C)C(C(=O)N(CC=C)Cn3nnc4ccccc43)C23CC[C@@]1(C)O3. The number of hydrogen-bond donors (Lipinski definition) is 1. The molecule has 2 aromatic rings. The minimum Gasteiger partial charge on any atom is -0.465 e. The van der Waals surface area contributed by atoms with Crippen molar-refractivity contribution in [3.05, 3.63) is 49.6 Å². The molecule has 2 bridgehead atoms. The molecule has 1 aromatic heterocycles. The summed E-state index contributed by atoms with van der Waals surface area (Å²) in [5, 5.41) is 19.0. The van der Waals surface area contributed by atoms with Crippen LogP contribution in [-0.2, 0) is 30.5 Å². The van der Waals surface area contributed by atoms with E-state index in [1.165, 1.54) is 4.90 Å². The molecule has 4 heterocycles. The second kappa shape index (κ2) is 12.2. The molecule has 0 saturated carbocycles. The number of carbonyl (C=O) groups is 3. The topological polar surface area (TPSA) is 127 Å². The zero-order chi connectivity index (χ0) is 30.9. The summed E-state index contributed by atoms with van der Waals surface area (Å²) in [7, 11) is 0. The van der Waals surface area contributed by atoms with Crippen LogP contribution in [0.3, 0.4) is 0 Å². The number of aliphatic hydroxyl groups excluding tert-OH is 1. The number of carbonyl (C=O) groups excluding carboxylic acids is 3. The maximum atomic E-state index is 14.7. The van der Waals surface area contributed by atoms with Gasteiger partial charge in [-0.15, -0.1) is 18.3 Å².